The number of benzene rings is 1. The molecule has 0 saturated carbocycles. The Balaban J connectivity index is 1.57. The van der Waals surface area contributed by atoms with Gasteiger partial charge >= 0.3 is 5.97 Å². The highest BCUT2D eigenvalue weighted by atomic mass is 32.2. The summed E-state index contributed by atoms with van der Waals surface area (Å²) in [4.78, 5) is 11.9. The van der Waals surface area contributed by atoms with Gasteiger partial charge in [0.15, 0.2) is 20.8 Å². The summed E-state index contributed by atoms with van der Waals surface area (Å²) < 4.78 is 29.7. The van der Waals surface area contributed by atoms with Gasteiger partial charge in [-0.2, -0.15) is 0 Å². The molecule has 3 rings (SSSR count). The van der Waals surface area contributed by atoms with Crippen molar-refractivity contribution in [3.05, 3.63) is 30.3 Å². The van der Waals surface area contributed by atoms with Gasteiger partial charge in [0.05, 0.1) is 17.3 Å². The first-order valence-corrected chi connectivity index (χ1v) is 10.2. The van der Waals surface area contributed by atoms with Gasteiger partial charge in [-0.15, -0.1) is 10.2 Å². The van der Waals surface area contributed by atoms with Crippen LogP contribution < -0.4 is 0 Å². The Bertz CT molecular complexity index is 834. The minimum absolute atomic E-state index is 0.0668. The Kier molecular flexibility index (Phi) is 4.91. The maximum atomic E-state index is 11.9. The van der Waals surface area contributed by atoms with Crippen LogP contribution in [-0.4, -0.2) is 52.5 Å². The molecule has 0 bridgehead atoms. The first-order valence-electron chi connectivity index (χ1n) is 7.42. The number of ether oxygens (including phenoxy) is 1. The average Bonchev–Trinajstić information content (AvgIpc) is 3.08. The van der Waals surface area contributed by atoms with Crippen LogP contribution in [-0.2, 0) is 26.4 Å². The highest BCUT2D eigenvalue weighted by molar-refractivity contribution is 7.99. The zero-order valence-electron chi connectivity index (χ0n) is 13.1. The van der Waals surface area contributed by atoms with Crippen molar-refractivity contribution in [1.82, 2.24) is 14.8 Å². The monoisotopic (exact) mass is 367 g/mol. The van der Waals surface area contributed by atoms with Crippen molar-refractivity contribution in [3.8, 4) is 11.4 Å². The molecule has 1 aromatic carbocycles. The van der Waals surface area contributed by atoms with Crippen LogP contribution in [0.5, 0.6) is 0 Å². The van der Waals surface area contributed by atoms with Gasteiger partial charge in [0.25, 0.3) is 0 Å². The lowest BCUT2D eigenvalue weighted by Crippen LogP contribution is -2.20. The molecular weight excluding hydrogens is 350 g/mol. The Morgan fingerprint density at radius 2 is 2.08 bits per heavy atom. The first kappa shape index (κ1) is 17.0. The highest BCUT2D eigenvalue weighted by Gasteiger charge is 2.30. The molecule has 7 nitrogen and oxygen atoms in total. The summed E-state index contributed by atoms with van der Waals surface area (Å²) in [5.74, 6) is 0.352. The van der Waals surface area contributed by atoms with E-state index in [1.807, 2.05) is 41.9 Å². The fourth-order valence-corrected chi connectivity index (χ4v) is 4.76. The second-order valence-corrected chi connectivity index (χ2v) is 8.71. The van der Waals surface area contributed by atoms with E-state index in [4.69, 9.17) is 4.74 Å². The zero-order chi connectivity index (χ0) is 17.2. The van der Waals surface area contributed by atoms with Crippen LogP contribution in [0.4, 0.5) is 0 Å². The molecule has 1 saturated heterocycles. The lowest BCUT2D eigenvalue weighted by Gasteiger charge is -2.09. The second kappa shape index (κ2) is 6.94. The van der Waals surface area contributed by atoms with Crippen molar-refractivity contribution in [2.45, 2.75) is 17.7 Å². The fourth-order valence-electron chi connectivity index (χ4n) is 2.48. The predicted octanol–water partition coefficient (Wildman–Crippen LogP) is 1.30. The molecule has 0 aliphatic carbocycles. The average molecular weight is 367 g/mol. The topological polar surface area (TPSA) is 91.2 Å². The lowest BCUT2D eigenvalue weighted by molar-refractivity contribution is -0.144. The van der Waals surface area contributed by atoms with E-state index in [1.54, 1.807) is 0 Å². The Labute approximate surface area is 144 Å². The minimum atomic E-state index is -3.05. The van der Waals surface area contributed by atoms with Crippen molar-refractivity contribution in [2.24, 2.45) is 7.05 Å². The third-order valence-electron chi connectivity index (χ3n) is 3.67. The normalized spacial score (nSPS) is 19.3. The Hall–Kier alpha value is -1.87. The minimum Gasteiger partial charge on any atom is -0.461 e. The number of carbonyl (C=O) groups excluding carboxylic acids is 1. The van der Waals surface area contributed by atoms with Crippen LogP contribution >= 0.6 is 11.8 Å². The molecule has 0 radical (unpaired) electrons. The van der Waals surface area contributed by atoms with E-state index in [1.165, 1.54) is 11.8 Å². The largest absolute Gasteiger partial charge is 0.461 e. The number of esters is 1. The van der Waals surface area contributed by atoms with Crippen LogP contribution in [0.3, 0.4) is 0 Å². The number of aromatic nitrogens is 3. The van der Waals surface area contributed by atoms with E-state index in [-0.39, 0.29) is 17.3 Å². The SMILES string of the molecule is Cn1c(SCC(=O)O[C@@H]2CCS(=O)(=O)C2)nnc1-c1ccccc1. The fraction of sp³-hybridized carbons (Fsp3) is 0.400. The van der Waals surface area contributed by atoms with E-state index in [9.17, 15) is 13.2 Å². The predicted molar refractivity (Wildman–Crippen MR) is 90.3 cm³/mol. The number of hydrogen-bond acceptors (Lipinski definition) is 7. The van der Waals surface area contributed by atoms with Crippen LogP contribution in [0.15, 0.2) is 35.5 Å². The summed E-state index contributed by atoms with van der Waals surface area (Å²) in [5.41, 5.74) is 0.943. The highest BCUT2D eigenvalue weighted by Crippen LogP contribution is 2.23. The van der Waals surface area contributed by atoms with Gasteiger partial charge < -0.3 is 9.30 Å². The first-order chi connectivity index (χ1) is 11.4. The van der Waals surface area contributed by atoms with E-state index in [0.717, 1.165) is 5.56 Å². The number of nitrogens with zero attached hydrogens (tertiary/aromatic N) is 3. The summed E-state index contributed by atoms with van der Waals surface area (Å²) in [7, 11) is -1.22. The quantitative estimate of drug-likeness (QED) is 0.581. The van der Waals surface area contributed by atoms with Gasteiger partial charge in [-0.05, 0) is 6.42 Å². The molecule has 0 amide bonds. The number of hydrogen-bond donors (Lipinski definition) is 0. The molecule has 0 spiro atoms. The molecule has 24 heavy (non-hydrogen) atoms. The van der Waals surface area contributed by atoms with Crippen molar-refractivity contribution < 1.29 is 17.9 Å². The van der Waals surface area contributed by atoms with Crippen molar-refractivity contribution in [1.29, 1.82) is 0 Å². The number of carbonyl (C=O) groups is 1. The van der Waals surface area contributed by atoms with Gasteiger partial charge in [0.1, 0.15) is 6.10 Å². The maximum absolute atomic E-state index is 11.9. The molecule has 128 valence electrons. The van der Waals surface area contributed by atoms with E-state index in [2.05, 4.69) is 10.2 Å². The van der Waals surface area contributed by atoms with Gasteiger partial charge in [-0.3, -0.25) is 4.79 Å². The third kappa shape index (κ3) is 3.96. The molecule has 1 aliphatic rings. The summed E-state index contributed by atoms with van der Waals surface area (Å²) in [5, 5.41) is 8.84. The summed E-state index contributed by atoms with van der Waals surface area (Å²) in [6.45, 7) is 0. The van der Waals surface area contributed by atoms with Gasteiger partial charge in [0.2, 0.25) is 0 Å². The van der Waals surface area contributed by atoms with Crippen molar-refractivity contribution in [3.63, 3.8) is 0 Å². The van der Waals surface area contributed by atoms with E-state index < -0.39 is 21.9 Å². The summed E-state index contributed by atoms with van der Waals surface area (Å²) in [6, 6.07) is 9.64. The molecule has 1 aromatic heterocycles. The van der Waals surface area contributed by atoms with Gasteiger partial charge in [0, 0.05) is 12.6 Å². The Morgan fingerprint density at radius 1 is 1.33 bits per heavy atom. The number of thioether (sulfide) groups is 1. The van der Waals surface area contributed by atoms with Gasteiger partial charge in [-0.1, -0.05) is 42.1 Å². The molecule has 0 N–H and O–H groups in total. The van der Waals surface area contributed by atoms with Crippen LogP contribution in [0.25, 0.3) is 11.4 Å². The number of rotatable bonds is 5. The van der Waals surface area contributed by atoms with Crippen molar-refractivity contribution >= 4 is 27.6 Å². The zero-order valence-corrected chi connectivity index (χ0v) is 14.7. The van der Waals surface area contributed by atoms with Crippen LogP contribution in [0.1, 0.15) is 6.42 Å². The molecule has 2 heterocycles. The van der Waals surface area contributed by atoms with E-state index in [0.29, 0.717) is 17.4 Å². The maximum Gasteiger partial charge on any atom is 0.316 e. The van der Waals surface area contributed by atoms with Crippen LogP contribution in [0, 0.1) is 0 Å². The molecule has 1 aliphatic heterocycles. The molecular formula is C15H17N3O4S2. The smallest absolute Gasteiger partial charge is 0.316 e. The third-order valence-corrected chi connectivity index (χ3v) is 6.41. The second-order valence-electron chi connectivity index (χ2n) is 5.53. The summed E-state index contributed by atoms with van der Waals surface area (Å²) in [6.07, 6.45) is -0.150. The standard InChI is InChI=1S/C15H17N3O4S2/c1-18-14(11-5-3-2-4-6-11)16-17-15(18)23-9-13(19)22-12-7-8-24(20,21)10-12/h2-6,12H,7-10H2,1H3/t12-/m1/s1. The van der Waals surface area contributed by atoms with Gasteiger partial charge in [-0.25, -0.2) is 8.42 Å². The van der Waals surface area contributed by atoms with Crippen LogP contribution in [0.2, 0.25) is 0 Å². The molecule has 0 unspecified atom stereocenters. The molecule has 2 aromatic rings. The number of sulfone groups is 1. The Morgan fingerprint density at radius 3 is 2.75 bits per heavy atom. The molecule has 1 atom stereocenters. The van der Waals surface area contributed by atoms with Crippen molar-refractivity contribution in [2.75, 3.05) is 17.3 Å². The molecule has 1 fully saturated rings. The molecule has 9 heteroatoms. The van der Waals surface area contributed by atoms with E-state index >= 15 is 0 Å². The summed E-state index contributed by atoms with van der Waals surface area (Å²) >= 11 is 1.22. The lowest BCUT2D eigenvalue weighted by atomic mass is 10.2.